The molecule has 0 radical (unpaired) electrons. The number of hydrogen-bond acceptors (Lipinski definition) is 11. The summed E-state index contributed by atoms with van der Waals surface area (Å²) in [6.45, 7) is -1.78. The minimum atomic E-state index is -5.90. The van der Waals surface area contributed by atoms with Crippen LogP contribution < -0.4 is 5.56 Å². The maximum atomic E-state index is 15.2. The van der Waals surface area contributed by atoms with Crippen molar-refractivity contribution in [2.75, 3.05) is 6.61 Å². The van der Waals surface area contributed by atoms with Gasteiger partial charge in [0, 0.05) is 12.3 Å². The van der Waals surface area contributed by atoms with Gasteiger partial charge in [-0.15, -0.1) is 6.42 Å². The third kappa shape index (κ3) is 6.06. The van der Waals surface area contributed by atoms with Gasteiger partial charge in [-0.1, -0.05) is 5.92 Å². The fourth-order valence-electron chi connectivity index (χ4n) is 2.42. The fraction of sp³-hybridized carbons (Fsp3) is 0.455. The van der Waals surface area contributed by atoms with Gasteiger partial charge in [0.15, 0.2) is 17.1 Å². The number of nitrogens with zero attached hydrogens (tertiary/aromatic N) is 1. The predicted molar refractivity (Wildman–Crippen MR) is 99.5 cm³/mol. The van der Waals surface area contributed by atoms with Crippen LogP contribution in [0.1, 0.15) is 6.23 Å². The monoisotopic (exact) mass is 542 g/mol. The van der Waals surface area contributed by atoms with Gasteiger partial charge in [-0.25, -0.2) is 18.1 Å². The number of nitrogens with one attached hydrogen (secondary N) is 1. The summed E-state index contributed by atoms with van der Waals surface area (Å²) in [6.07, 6.45) is 1.38. The Balaban J connectivity index is 2.28. The van der Waals surface area contributed by atoms with Crippen LogP contribution in [-0.2, 0) is 31.6 Å². The van der Waals surface area contributed by atoms with Gasteiger partial charge < -0.3 is 34.5 Å². The van der Waals surface area contributed by atoms with E-state index in [0.29, 0.717) is 0 Å². The normalized spacial score (nSPS) is 32.1. The van der Waals surface area contributed by atoms with Crippen LogP contribution >= 0.6 is 35.7 Å². The second-order valence-corrected chi connectivity index (χ2v) is 10.8. The van der Waals surface area contributed by atoms with Gasteiger partial charge >= 0.3 is 23.5 Å². The number of phosphoric acid groups is 3. The van der Waals surface area contributed by atoms with E-state index < -0.39 is 64.2 Å². The van der Waals surface area contributed by atoms with Crippen LogP contribution in [-0.4, -0.2) is 63.5 Å². The largest absolute Gasteiger partial charge is 0.490 e. The molecule has 0 aliphatic carbocycles. The Hall–Kier alpha value is -1.12. The second-order valence-electron chi connectivity index (χ2n) is 6.01. The molecule has 16 nitrogen and oxygen atoms in total. The van der Waals surface area contributed by atoms with E-state index in [9.17, 15) is 33.6 Å². The molecule has 1 saturated heterocycles. The SMILES string of the molecule is C#CC1(O)[C@@H](O)[C@@](F)(COP(=O)(O)OP(=O)(O)OP(=O)(O)O)O[C@H]1n1ccc(=O)[nH]c1=S. The number of aromatic nitrogens is 2. The first-order valence-electron chi connectivity index (χ1n) is 7.69. The number of rotatable bonds is 8. The van der Waals surface area contributed by atoms with E-state index in [0.717, 1.165) is 16.8 Å². The van der Waals surface area contributed by atoms with Gasteiger partial charge in [-0.05, 0) is 12.2 Å². The van der Waals surface area contributed by atoms with E-state index in [1.807, 2.05) is 0 Å². The Morgan fingerprint density at radius 3 is 2.38 bits per heavy atom. The van der Waals surface area contributed by atoms with Crippen molar-refractivity contribution in [3.8, 4) is 12.3 Å². The molecule has 0 spiro atoms. The lowest BCUT2D eigenvalue weighted by atomic mass is 9.94. The lowest BCUT2D eigenvalue weighted by Gasteiger charge is -2.27. The van der Waals surface area contributed by atoms with Gasteiger partial charge in [0.25, 0.3) is 11.4 Å². The number of phosphoric ester groups is 1. The van der Waals surface area contributed by atoms with Crippen LogP contribution in [0.15, 0.2) is 17.1 Å². The summed E-state index contributed by atoms with van der Waals surface area (Å²) in [5.41, 5.74) is -3.57. The molecule has 1 aromatic rings. The zero-order valence-electron chi connectivity index (χ0n) is 15.1. The molecule has 3 unspecified atom stereocenters. The van der Waals surface area contributed by atoms with Crippen LogP contribution in [0.5, 0.6) is 0 Å². The highest BCUT2D eigenvalue weighted by Gasteiger charge is 2.65. The van der Waals surface area contributed by atoms with Crippen molar-refractivity contribution < 1.29 is 65.8 Å². The number of aromatic amines is 1. The predicted octanol–water partition coefficient (Wildman–Crippen LogP) is -0.831. The highest BCUT2D eigenvalue weighted by atomic mass is 32.1. The van der Waals surface area contributed by atoms with Gasteiger partial charge in [0.1, 0.15) is 6.61 Å². The first-order chi connectivity index (χ1) is 14.3. The number of ether oxygens (including phenoxy) is 1. The highest BCUT2D eigenvalue weighted by Crippen LogP contribution is 2.66. The number of terminal acetylenes is 1. The molecule has 32 heavy (non-hydrogen) atoms. The molecule has 1 aliphatic rings. The number of aliphatic hydroxyl groups is 2. The summed E-state index contributed by atoms with van der Waals surface area (Å²) in [6, 6.07) is 0.882. The van der Waals surface area contributed by atoms with Crippen molar-refractivity contribution in [2.45, 2.75) is 23.8 Å². The molecule has 0 saturated carbocycles. The number of halogens is 1. The van der Waals surface area contributed by atoms with E-state index in [1.165, 1.54) is 0 Å². The molecule has 0 bridgehead atoms. The van der Waals surface area contributed by atoms with Crippen LogP contribution in [0, 0.1) is 17.1 Å². The Morgan fingerprint density at radius 1 is 1.28 bits per heavy atom. The summed E-state index contributed by atoms with van der Waals surface area (Å²) in [7, 11) is -17.4. The van der Waals surface area contributed by atoms with Crippen LogP contribution in [0.3, 0.4) is 0 Å². The lowest BCUT2D eigenvalue weighted by Crippen LogP contribution is -2.50. The summed E-state index contributed by atoms with van der Waals surface area (Å²) in [4.78, 5) is 48.8. The fourth-order valence-corrected chi connectivity index (χ4v) is 5.71. The first-order valence-corrected chi connectivity index (χ1v) is 12.6. The smallest absolute Gasteiger partial charge is 0.383 e. The molecule has 1 fully saturated rings. The molecule has 1 aliphatic heterocycles. The number of hydrogen-bond donors (Lipinski definition) is 7. The van der Waals surface area contributed by atoms with Crippen molar-refractivity contribution in [3.63, 3.8) is 0 Å². The molecule has 180 valence electrons. The highest BCUT2D eigenvalue weighted by molar-refractivity contribution is 7.71. The lowest BCUT2D eigenvalue weighted by molar-refractivity contribution is -0.204. The molecule has 0 aromatic carbocycles. The van der Waals surface area contributed by atoms with Crippen molar-refractivity contribution >= 4 is 35.7 Å². The molecular weight excluding hydrogens is 528 g/mol. The molecule has 2 heterocycles. The quantitative estimate of drug-likeness (QED) is 0.120. The number of alkyl halides is 1. The number of aliphatic hydroxyl groups excluding tert-OH is 1. The van der Waals surface area contributed by atoms with E-state index >= 15 is 4.39 Å². The van der Waals surface area contributed by atoms with Crippen molar-refractivity contribution in [3.05, 3.63) is 27.4 Å². The van der Waals surface area contributed by atoms with Crippen LogP contribution in [0.4, 0.5) is 4.39 Å². The molecule has 7 N–H and O–H groups in total. The number of H-pyrrole nitrogens is 1. The van der Waals surface area contributed by atoms with Gasteiger partial charge in [-0.3, -0.25) is 18.9 Å². The average Bonchev–Trinajstić information content (AvgIpc) is 2.80. The van der Waals surface area contributed by atoms with E-state index in [1.54, 1.807) is 5.92 Å². The Labute approximate surface area is 181 Å². The third-order valence-corrected chi connectivity index (χ3v) is 7.78. The summed E-state index contributed by atoms with van der Waals surface area (Å²) in [5, 5.41) is 20.7. The van der Waals surface area contributed by atoms with Crippen LogP contribution in [0.2, 0.25) is 0 Å². The Morgan fingerprint density at radius 2 is 1.88 bits per heavy atom. The summed E-state index contributed by atoms with van der Waals surface area (Å²) in [5.74, 6) is -1.91. The zero-order valence-corrected chi connectivity index (χ0v) is 18.6. The molecule has 2 rings (SSSR count). The van der Waals surface area contributed by atoms with Gasteiger partial charge in [0.2, 0.25) is 5.60 Å². The van der Waals surface area contributed by atoms with E-state index in [2.05, 4.69) is 18.1 Å². The maximum absolute atomic E-state index is 15.2. The molecule has 0 amide bonds. The van der Waals surface area contributed by atoms with E-state index in [4.69, 9.17) is 38.1 Å². The van der Waals surface area contributed by atoms with Crippen molar-refractivity contribution in [1.29, 1.82) is 0 Å². The third-order valence-electron chi connectivity index (χ3n) is 3.68. The average molecular weight is 542 g/mol. The maximum Gasteiger partial charge on any atom is 0.490 e. The Kier molecular flexibility index (Phi) is 7.56. The van der Waals surface area contributed by atoms with Crippen LogP contribution in [0.25, 0.3) is 0 Å². The van der Waals surface area contributed by atoms with Gasteiger partial charge in [0.05, 0.1) is 0 Å². The standard InChI is InChI=1S/C11H14FN2O14P3S/c1-2-10(17)7(16)11(12,26-8(10)14-4-3-6(15)13-9(14)32)5-25-30(21,22)28-31(23,24)27-29(18,19)20/h1,3-4,7-8,16-17H,5H2,(H,21,22)(H,23,24)(H,13,15,32)(H2,18,19,20)/t7-,8-,10?,11-/m1/s1. The summed E-state index contributed by atoms with van der Waals surface area (Å²) >= 11 is 4.84. The second kappa shape index (κ2) is 8.91. The van der Waals surface area contributed by atoms with Crippen molar-refractivity contribution in [1.82, 2.24) is 9.55 Å². The Bertz CT molecular complexity index is 1190. The topological polar surface area (TPSA) is 247 Å². The van der Waals surface area contributed by atoms with E-state index in [-0.39, 0.29) is 0 Å². The first kappa shape index (κ1) is 27.1. The zero-order chi connectivity index (χ0) is 24.8. The van der Waals surface area contributed by atoms with Gasteiger partial charge in [-0.2, -0.15) is 8.62 Å². The molecule has 6 atom stereocenters. The summed E-state index contributed by atoms with van der Waals surface area (Å²) < 4.78 is 65.1. The minimum absolute atomic E-state index is 0.430. The molecule has 21 heteroatoms. The minimum Gasteiger partial charge on any atom is -0.383 e. The molecular formula is C11H14FN2O14P3S. The van der Waals surface area contributed by atoms with Crippen molar-refractivity contribution in [2.24, 2.45) is 0 Å². The molecule has 1 aromatic heterocycles.